The summed E-state index contributed by atoms with van der Waals surface area (Å²) in [5.41, 5.74) is 6.27. The van der Waals surface area contributed by atoms with Crippen LogP contribution in [0.2, 0.25) is 0 Å². The standard InChI is InChI=1S/C12H17N3O3/c1-7(11(16)14-2)15-12(17)10-8(13)5-4-6-9(10)18-3/h4-7H,13H2,1-3H3,(H,14,16)(H,15,17). The SMILES string of the molecule is CNC(=O)C(C)NC(=O)c1c(N)cccc1OC. The molecule has 0 radical (unpaired) electrons. The van der Waals surface area contributed by atoms with E-state index in [1.807, 2.05) is 0 Å². The third kappa shape index (κ3) is 2.91. The van der Waals surface area contributed by atoms with Gasteiger partial charge in [-0.05, 0) is 19.1 Å². The van der Waals surface area contributed by atoms with Crippen LogP contribution in [0.15, 0.2) is 18.2 Å². The van der Waals surface area contributed by atoms with Gasteiger partial charge in [0.15, 0.2) is 0 Å². The number of ether oxygens (including phenoxy) is 1. The summed E-state index contributed by atoms with van der Waals surface area (Å²) in [6, 6.07) is 4.28. The molecule has 1 rings (SSSR count). The van der Waals surface area contributed by atoms with E-state index in [9.17, 15) is 9.59 Å². The van der Waals surface area contributed by atoms with E-state index in [-0.39, 0.29) is 11.5 Å². The second-order valence-electron chi connectivity index (χ2n) is 3.73. The molecule has 0 saturated carbocycles. The van der Waals surface area contributed by atoms with Crippen molar-refractivity contribution in [2.24, 2.45) is 0 Å². The second-order valence-corrected chi connectivity index (χ2v) is 3.73. The zero-order valence-corrected chi connectivity index (χ0v) is 10.6. The van der Waals surface area contributed by atoms with Crippen molar-refractivity contribution in [1.82, 2.24) is 10.6 Å². The van der Waals surface area contributed by atoms with Crippen LogP contribution in [0, 0.1) is 0 Å². The number of nitrogens with two attached hydrogens (primary N) is 1. The van der Waals surface area contributed by atoms with E-state index in [1.165, 1.54) is 14.2 Å². The van der Waals surface area contributed by atoms with E-state index in [0.717, 1.165) is 0 Å². The van der Waals surface area contributed by atoms with Crippen LogP contribution in [-0.2, 0) is 4.79 Å². The molecular weight excluding hydrogens is 234 g/mol. The van der Waals surface area contributed by atoms with E-state index < -0.39 is 11.9 Å². The van der Waals surface area contributed by atoms with Gasteiger partial charge < -0.3 is 21.1 Å². The average Bonchev–Trinajstić information content (AvgIpc) is 2.36. The zero-order chi connectivity index (χ0) is 13.7. The molecule has 2 amide bonds. The van der Waals surface area contributed by atoms with E-state index in [1.54, 1.807) is 25.1 Å². The summed E-state index contributed by atoms with van der Waals surface area (Å²) in [7, 11) is 2.95. The molecule has 0 aliphatic rings. The van der Waals surface area contributed by atoms with Gasteiger partial charge in [-0.3, -0.25) is 9.59 Å². The third-order valence-corrected chi connectivity index (χ3v) is 2.49. The zero-order valence-electron chi connectivity index (χ0n) is 10.6. The van der Waals surface area contributed by atoms with Gasteiger partial charge in [0.25, 0.3) is 5.91 Å². The Morgan fingerprint density at radius 3 is 2.61 bits per heavy atom. The van der Waals surface area contributed by atoms with Gasteiger partial charge >= 0.3 is 0 Å². The second kappa shape index (κ2) is 5.90. The van der Waals surface area contributed by atoms with Gasteiger partial charge in [0.1, 0.15) is 17.4 Å². The molecule has 4 N–H and O–H groups in total. The minimum absolute atomic E-state index is 0.232. The van der Waals surface area contributed by atoms with Crippen molar-refractivity contribution < 1.29 is 14.3 Å². The van der Waals surface area contributed by atoms with E-state index >= 15 is 0 Å². The normalized spacial score (nSPS) is 11.5. The largest absolute Gasteiger partial charge is 0.496 e. The molecule has 0 saturated heterocycles. The maximum Gasteiger partial charge on any atom is 0.257 e. The molecule has 0 fully saturated rings. The van der Waals surface area contributed by atoms with Crippen LogP contribution in [0.5, 0.6) is 5.75 Å². The highest BCUT2D eigenvalue weighted by atomic mass is 16.5. The Hall–Kier alpha value is -2.24. The van der Waals surface area contributed by atoms with Gasteiger partial charge in [0.2, 0.25) is 5.91 Å². The summed E-state index contributed by atoms with van der Waals surface area (Å²) in [5.74, 6) is -0.352. The number of hydrogen-bond donors (Lipinski definition) is 3. The van der Waals surface area contributed by atoms with E-state index in [4.69, 9.17) is 10.5 Å². The molecule has 0 bridgehead atoms. The topological polar surface area (TPSA) is 93.5 Å². The first-order chi connectivity index (χ1) is 8.51. The monoisotopic (exact) mass is 251 g/mol. The van der Waals surface area contributed by atoms with Crippen LogP contribution in [0.1, 0.15) is 17.3 Å². The van der Waals surface area contributed by atoms with Crippen LogP contribution in [0.3, 0.4) is 0 Å². The first-order valence-corrected chi connectivity index (χ1v) is 5.46. The van der Waals surface area contributed by atoms with Crippen LogP contribution >= 0.6 is 0 Å². The smallest absolute Gasteiger partial charge is 0.257 e. The molecule has 0 heterocycles. The van der Waals surface area contributed by atoms with Crippen LogP contribution in [0.4, 0.5) is 5.69 Å². The lowest BCUT2D eigenvalue weighted by atomic mass is 10.1. The molecule has 0 aliphatic carbocycles. The summed E-state index contributed by atoms with van der Waals surface area (Å²) < 4.78 is 5.07. The Labute approximate surface area is 105 Å². The van der Waals surface area contributed by atoms with Gasteiger partial charge in [-0.25, -0.2) is 0 Å². The molecule has 1 aromatic carbocycles. The van der Waals surface area contributed by atoms with Gasteiger partial charge in [-0.2, -0.15) is 0 Å². The Kier molecular flexibility index (Phi) is 4.53. The highest BCUT2D eigenvalue weighted by Crippen LogP contribution is 2.23. The molecule has 0 spiro atoms. The summed E-state index contributed by atoms with van der Waals surface area (Å²) in [4.78, 5) is 23.4. The molecule has 6 nitrogen and oxygen atoms in total. The highest BCUT2D eigenvalue weighted by molar-refractivity contribution is 6.03. The molecule has 6 heteroatoms. The number of amides is 2. The van der Waals surface area contributed by atoms with E-state index in [2.05, 4.69) is 10.6 Å². The number of benzene rings is 1. The molecule has 0 aliphatic heterocycles. The van der Waals surface area contributed by atoms with Crippen LogP contribution in [-0.4, -0.2) is 32.0 Å². The van der Waals surface area contributed by atoms with Crippen molar-refractivity contribution >= 4 is 17.5 Å². The quantitative estimate of drug-likeness (QED) is 0.664. The van der Waals surface area contributed by atoms with Crippen molar-refractivity contribution in [3.8, 4) is 5.75 Å². The van der Waals surface area contributed by atoms with Crippen molar-refractivity contribution in [3.05, 3.63) is 23.8 Å². The molecule has 1 unspecified atom stereocenters. The Balaban J connectivity index is 2.94. The number of methoxy groups -OCH3 is 1. The fourth-order valence-electron chi connectivity index (χ4n) is 1.51. The number of likely N-dealkylation sites (N-methyl/N-ethyl adjacent to an activating group) is 1. The molecule has 1 atom stereocenters. The fraction of sp³-hybridized carbons (Fsp3) is 0.333. The highest BCUT2D eigenvalue weighted by Gasteiger charge is 2.20. The summed E-state index contributed by atoms with van der Waals surface area (Å²) >= 11 is 0. The van der Waals surface area contributed by atoms with Gasteiger partial charge in [-0.1, -0.05) is 6.07 Å². The van der Waals surface area contributed by atoms with Gasteiger partial charge in [0, 0.05) is 12.7 Å². The maximum atomic E-state index is 12.0. The number of nitrogen functional groups attached to an aromatic ring is 1. The fourth-order valence-corrected chi connectivity index (χ4v) is 1.51. The number of nitrogens with one attached hydrogen (secondary N) is 2. The molecule has 18 heavy (non-hydrogen) atoms. The summed E-state index contributed by atoms with van der Waals surface area (Å²) in [6.07, 6.45) is 0. The Bertz CT molecular complexity index is 460. The number of anilines is 1. The van der Waals surface area contributed by atoms with Crippen LogP contribution < -0.4 is 21.1 Å². The number of carbonyl (C=O) groups is 2. The number of carbonyl (C=O) groups excluding carboxylic acids is 2. The number of rotatable bonds is 4. The average molecular weight is 251 g/mol. The molecule has 1 aromatic rings. The molecule has 98 valence electrons. The Morgan fingerprint density at radius 2 is 2.06 bits per heavy atom. The predicted molar refractivity (Wildman–Crippen MR) is 68.4 cm³/mol. The Morgan fingerprint density at radius 1 is 1.39 bits per heavy atom. The van der Waals surface area contributed by atoms with Gasteiger partial charge in [-0.15, -0.1) is 0 Å². The van der Waals surface area contributed by atoms with Gasteiger partial charge in [0.05, 0.1) is 7.11 Å². The van der Waals surface area contributed by atoms with Crippen molar-refractivity contribution in [1.29, 1.82) is 0 Å². The predicted octanol–water partition coefficient (Wildman–Crippen LogP) is 0.142. The maximum absolute atomic E-state index is 12.0. The minimum Gasteiger partial charge on any atom is -0.496 e. The van der Waals surface area contributed by atoms with E-state index in [0.29, 0.717) is 11.4 Å². The lowest BCUT2D eigenvalue weighted by molar-refractivity contribution is -0.122. The number of hydrogen-bond acceptors (Lipinski definition) is 4. The molecule has 0 aromatic heterocycles. The van der Waals surface area contributed by atoms with Crippen molar-refractivity contribution in [2.75, 3.05) is 19.9 Å². The first kappa shape index (κ1) is 13.8. The molecular formula is C12H17N3O3. The first-order valence-electron chi connectivity index (χ1n) is 5.46. The van der Waals surface area contributed by atoms with Crippen molar-refractivity contribution in [2.45, 2.75) is 13.0 Å². The minimum atomic E-state index is -0.646. The lowest BCUT2D eigenvalue weighted by Crippen LogP contribution is -2.43. The van der Waals surface area contributed by atoms with Crippen LogP contribution in [0.25, 0.3) is 0 Å². The third-order valence-electron chi connectivity index (χ3n) is 2.49. The van der Waals surface area contributed by atoms with Crippen molar-refractivity contribution in [3.63, 3.8) is 0 Å². The summed E-state index contributed by atoms with van der Waals surface area (Å²) in [5, 5.41) is 5.00. The lowest BCUT2D eigenvalue weighted by Gasteiger charge is -2.15. The summed E-state index contributed by atoms with van der Waals surface area (Å²) in [6.45, 7) is 1.59.